The van der Waals surface area contributed by atoms with E-state index in [2.05, 4.69) is 0 Å². The summed E-state index contributed by atoms with van der Waals surface area (Å²) in [5, 5.41) is 0. The van der Waals surface area contributed by atoms with Gasteiger partial charge in [-0.25, -0.2) is 8.78 Å². The van der Waals surface area contributed by atoms with Gasteiger partial charge in [-0.3, -0.25) is 0 Å². The largest absolute Gasteiger partial charge is 0.374 e. The molecule has 1 saturated carbocycles. The first-order valence-corrected chi connectivity index (χ1v) is 7.15. The highest BCUT2D eigenvalue weighted by Crippen LogP contribution is 2.39. The quantitative estimate of drug-likeness (QED) is 0.744. The monoisotopic (exact) mass is 268 g/mol. The van der Waals surface area contributed by atoms with Gasteiger partial charge in [-0.15, -0.1) is 0 Å². The van der Waals surface area contributed by atoms with Gasteiger partial charge in [-0.2, -0.15) is 0 Å². The highest BCUT2D eigenvalue weighted by atomic mass is 19.3. The number of alkyl halides is 2. The molecule has 0 unspecified atom stereocenters. The third kappa shape index (κ3) is 4.00. The Hall–Kier alpha value is -0.960. The Labute approximate surface area is 114 Å². The van der Waals surface area contributed by atoms with E-state index in [0.717, 1.165) is 18.4 Å². The van der Waals surface area contributed by atoms with E-state index in [1.807, 2.05) is 30.3 Å². The average molecular weight is 268 g/mol. The fourth-order valence-electron chi connectivity index (χ4n) is 2.73. The van der Waals surface area contributed by atoms with Crippen LogP contribution < -0.4 is 0 Å². The van der Waals surface area contributed by atoms with Crippen molar-refractivity contribution in [2.45, 2.75) is 57.7 Å². The van der Waals surface area contributed by atoms with Gasteiger partial charge in [0.1, 0.15) is 0 Å². The van der Waals surface area contributed by atoms with Crippen molar-refractivity contribution in [1.82, 2.24) is 0 Å². The van der Waals surface area contributed by atoms with Crippen LogP contribution in [0.25, 0.3) is 0 Å². The summed E-state index contributed by atoms with van der Waals surface area (Å²) in [7, 11) is 0. The summed E-state index contributed by atoms with van der Waals surface area (Å²) in [5.74, 6) is -2.95. The van der Waals surface area contributed by atoms with Crippen LogP contribution >= 0.6 is 0 Å². The van der Waals surface area contributed by atoms with Gasteiger partial charge in [0.2, 0.25) is 0 Å². The second-order valence-electron chi connectivity index (χ2n) is 5.38. The molecule has 0 amide bonds. The SMILES string of the molecule is CCC(F)(F)[C@H]1CC[C@@H](OCc2ccccc2)CC1. The summed E-state index contributed by atoms with van der Waals surface area (Å²) in [6, 6.07) is 9.99. The first-order valence-electron chi connectivity index (χ1n) is 7.15. The highest BCUT2D eigenvalue weighted by molar-refractivity contribution is 5.13. The van der Waals surface area contributed by atoms with Crippen molar-refractivity contribution in [3.05, 3.63) is 35.9 Å². The minimum atomic E-state index is -2.50. The maximum Gasteiger partial charge on any atom is 0.250 e. The van der Waals surface area contributed by atoms with E-state index in [1.54, 1.807) is 6.92 Å². The topological polar surface area (TPSA) is 9.23 Å². The summed E-state index contributed by atoms with van der Waals surface area (Å²) in [5.41, 5.74) is 1.14. The maximum atomic E-state index is 13.6. The second kappa shape index (κ2) is 6.47. The van der Waals surface area contributed by atoms with E-state index in [-0.39, 0.29) is 12.5 Å². The smallest absolute Gasteiger partial charge is 0.250 e. The van der Waals surface area contributed by atoms with E-state index in [0.29, 0.717) is 19.4 Å². The van der Waals surface area contributed by atoms with Crippen molar-refractivity contribution in [2.24, 2.45) is 5.92 Å². The van der Waals surface area contributed by atoms with Crippen molar-refractivity contribution >= 4 is 0 Å². The van der Waals surface area contributed by atoms with E-state index in [9.17, 15) is 8.78 Å². The number of benzene rings is 1. The summed E-state index contributed by atoms with van der Waals surface area (Å²) >= 11 is 0. The van der Waals surface area contributed by atoms with Crippen molar-refractivity contribution in [3.63, 3.8) is 0 Å². The van der Waals surface area contributed by atoms with Gasteiger partial charge in [-0.1, -0.05) is 37.3 Å². The molecule has 1 nitrogen and oxygen atoms in total. The summed E-state index contributed by atoms with van der Waals surface area (Å²) < 4.78 is 33.0. The van der Waals surface area contributed by atoms with Crippen molar-refractivity contribution in [3.8, 4) is 0 Å². The molecule has 0 spiro atoms. The molecule has 1 aliphatic carbocycles. The van der Waals surface area contributed by atoms with Gasteiger partial charge in [0.05, 0.1) is 12.7 Å². The molecule has 1 aromatic rings. The zero-order valence-corrected chi connectivity index (χ0v) is 11.4. The fraction of sp³-hybridized carbons (Fsp3) is 0.625. The lowest BCUT2D eigenvalue weighted by atomic mass is 9.82. The molecule has 0 aliphatic heterocycles. The predicted molar refractivity (Wildman–Crippen MR) is 72.2 cm³/mol. The molecule has 0 saturated heterocycles. The fourth-order valence-corrected chi connectivity index (χ4v) is 2.73. The van der Waals surface area contributed by atoms with Gasteiger partial charge in [-0.05, 0) is 31.2 Å². The Balaban J connectivity index is 1.75. The van der Waals surface area contributed by atoms with Crippen molar-refractivity contribution in [1.29, 1.82) is 0 Å². The van der Waals surface area contributed by atoms with Crippen LogP contribution in [-0.2, 0) is 11.3 Å². The van der Waals surface area contributed by atoms with E-state index >= 15 is 0 Å². The molecule has 0 aromatic heterocycles. The maximum absolute atomic E-state index is 13.6. The lowest BCUT2D eigenvalue weighted by Crippen LogP contribution is -2.33. The van der Waals surface area contributed by atoms with Gasteiger partial charge in [0.15, 0.2) is 0 Å². The number of hydrogen-bond donors (Lipinski definition) is 0. The standard InChI is InChI=1S/C16H22F2O/c1-2-16(17,18)14-8-10-15(11-9-14)19-12-13-6-4-3-5-7-13/h3-7,14-15H,2,8-12H2,1H3/t14-,15+. The van der Waals surface area contributed by atoms with Crippen LogP contribution in [0.15, 0.2) is 30.3 Å². The molecule has 1 fully saturated rings. The molecule has 19 heavy (non-hydrogen) atoms. The van der Waals surface area contributed by atoms with E-state index in [4.69, 9.17) is 4.74 Å². The number of ether oxygens (including phenoxy) is 1. The van der Waals surface area contributed by atoms with Gasteiger partial charge in [0, 0.05) is 12.3 Å². The number of halogens is 2. The molecular weight excluding hydrogens is 246 g/mol. The minimum Gasteiger partial charge on any atom is -0.374 e. The summed E-state index contributed by atoms with van der Waals surface area (Å²) in [4.78, 5) is 0. The Morgan fingerprint density at radius 2 is 1.74 bits per heavy atom. The highest BCUT2D eigenvalue weighted by Gasteiger charge is 2.39. The molecule has 0 atom stereocenters. The van der Waals surface area contributed by atoms with Gasteiger partial charge < -0.3 is 4.74 Å². The molecule has 0 radical (unpaired) electrons. The Morgan fingerprint density at radius 1 is 1.11 bits per heavy atom. The molecule has 0 heterocycles. The molecule has 0 bridgehead atoms. The predicted octanol–water partition coefficient (Wildman–Crippen LogP) is 4.81. The summed E-state index contributed by atoms with van der Waals surface area (Å²) in [6.45, 7) is 2.15. The Bertz CT molecular complexity index is 370. The first kappa shape index (κ1) is 14.4. The van der Waals surface area contributed by atoms with Crippen LogP contribution in [0.5, 0.6) is 0 Å². The minimum absolute atomic E-state index is 0.0484. The van der Waals surface area contributed by atoms with Crippen molar-refractivity contribution < 1.29 is 13.5 Å². The molecule has 0 N–H and O–H groups in total. The zero-order chi connectivity index (χ0) is 13.7. The summed E-state index contributed by atoms with van der Waals surface area (Å²) in [6.07, 6.45) is 2.78. The molecule has 3 heteroatoms. The van der Waals surface area contributed by atoms with Crippen LogP contribution in [0, 0.1) is 5.92 Å². The van der Waals surface area contributed by atoms with Gasteiger partial charge >= 0.3 is 0 Å². The molecule has 106 valence electrons. The molecular formula is C16H22F2O. The zero-order valence-electron chi connectivity index (χ0n) is 11.4. The third-order valence-corrected chi connectivity index (χ3v) is 4.07. The lowest BCUT2D eigenvalue weighted by Gasteiger charge is -2.33. The van der Waals surface area contributed by atoms with Crippen molar-refractivity contribution in [2.75, 3.05) is 0 Å². The Kier molecular flexibility index (Phi) is 4.92. The van der Waals surface area contributed by atoms with Crippen LogP contribution in [0.4, 0.5) is 8.78 Å². The lowest BCUT2D eigenvalue weighted by molar-refractivity contribution is -0.0926. The van der Waals surface area contributed by atoms with Crippen LogP contribution in [0.2, 0.25) is 0 Å². The normalized spacial score (nSPS) is 24.4. The first-order chi connectivity index (χ1) is 9.12. The van der Waals surface area contributed by atoms with E-state index < -0.39 is 11.8 Å². The Morgan fingerprint density at radius 3 is 2.32 bits per heavy atom. The number of hydrogen-bond acceptors (Lipinski definition) is 1. The molecule has 1 aromatic carbocycles. The molecule has 2 rings (SSSR count). The average Bonchev–Trinajstić information content (AvgIpc) is 2.47. The molecule has 1 aliphatic rings. The van der Waals surface area contributed by atoms with E-state index in [1.165, 1.54) is 0 Å². The van der Waals surface area contributed by atoms with Crippen LogP contribution in [-0.4, -0.2) is 12.0 Å². The van der Waals surface area contributed by atoms with Gasteiger partial charge in [0.25, 0.3) is 5.92 Å². The number of rotatable bonds is 5. The second-order valence-corrected chi connectivity index (χ2v) is 5.38. The van der Waals surface area contributed by atoms with Crippen LogP contribution in [0.3, 0.4) is 0 Å². The third-order valence-electron chi connectivity index (χ3n) is 4.07. The van der Waals surface area contributed by atoms with Crippen LogP contribution in [0.1, 0.15) is 44.6 Å².